The smallest absolute Gasteiger partial charge is 0.241 e. The molecule has 0 aliphatic rings. The predicted molar refractivity (Wildman–Crippen MR) is 116 cm³/mol. The van der Waals surface area contributed by atoms with Crippen LogP contribution in [0.1, 0.15) is 13.8 Å². The van der Waals surface area contributed by atoms with Crippen LogP contribution in [0, 0.1) is 0 Å². The molecule has 0 fully saturated rings. The summed E-state index contributed by atoms with van der Waals surface area (Å²) in [4.78, 5) is 0.207. The third-order valence-corrected chi connectivity index (χ3v) is 8.20. The second-order valence-electron chi connectivity index (χ2n) is 5.31. The lowest BCUT2D eigenvalue weighted by molar-refractivity contribution is 0.472. The molecular formula is C16H21Br2N3O5S2. The van der Waals surface area contributed by atoms with Gasteiger partial charge in [0.2, 0.25) is 20.0 Å². The lowest BCUT2D eigenvalue weighted by atomic mass is 10.3. The molecule has 0 aliphatic carbocycles. The Labute approximate surface area is 181 Å². The Bertz CT molecular complexity index is 945. The van der Waals surface area contributed by atoms with E-state index in [9.17, 15) is 16.8 Å². The van der Waals surface area contributed by atoms with E-state index in [1.807, 2.05) is 0 Å². The molecule has 2 aromatic carbocycles. The van der Waals surface area contributed by atoms with Gasteiger partial charge in [0.25, 0.3) is 0 Å². The minimum absolute atomic E-state index is 0.0411. The highest BCUT2D eigenvalue weighted by Crippen LogP contribution is 2.25. The molecule has 0 amide bonds. The normalized spacial score (nSPS) is 11.6. The first-order valence-corrected chi connectivity index (χ1v) is 12.5. The Kier molecular flexibility index (Phi) is 9.37. The summed E-state index contributed by atoms with van der Waals surface area (Å²) in [5.74, 6) is -0.0790. The number of benzene rings is 2. The summed E-state index contributed by atoms with van der Waals surface area (Å²) in [5.41, 5.74) is 5.93. The Morgan fingerprint density at radius 1 is 0.857 bits per heavy atom. The van der Waals surface area contributed by atoms with Gasteiger partial charge in [-0.25, -0.2) is 26.3 Å². The van der Waals surface area contributed by atoms with Crippen LogP contribution in [-0.2, 0) is 20.0 Å². The topological polar surface area (TPSA) is 139 Å². The number of aromatic hydroxyl groups is 1. The van der Waals surface area contributed by atoms with Gasteiger partial charge in [0, 0.05) is 33.8 Å². The van der Waals surface area contributed by atoms with Crippen LogP contribution in [0.3, 0.4) is 0 Å². The Morgan fingerprint density at radius 3 is 1.75 bits per heavy atom. The van der Waals surface area contributed by atoms with Crippen LogP contribution in [0.4, 0.5) is 5.69 Å². The minimum Gasteiger partial charge on any atom is -0.508 e. The second kappa shape index (κ2) is 10.6. The molecule has 0 atom stereocenters. The first kappa shape index (κ1) is 24.9. The van der Waals surface area contributed by atoms with Gasteiger partial charge in [-0.15, -0.1) is 0 Å². The number of phenols is 1. The standard InChI is InChI=1S/C8H11BrN2O2S.C8H10BrNO3S/c1-2-11-14(12,13)8-5-6(10)3-4-7(8)9;1-2-10-14(12,13)8-5-6(11)3-4-7(8)9/h3-5,11H,2,10H2,1H3;3-5,10-11H,2H2,1H3. The molecule has 12 heteroatoms. The second-order valence-corrected chi connectivity index (χ2v) is 10.5. The third-order valence-electron chi connectivity index (χ3n) is 3.12. The van der Waals surface area contributed by atoms with E-state index in [1.165, 1.54) is 24.3 Å². The highest BCUT2D eigenvalue weighted by Gasteiger charge is 2.17. The van der Waals surface area contributed by atoms with Gasteiger partial charge in [-0.05, 0) is 62.2 Å². The van der Waals surface area contributed by atoms with Gasteiger partial charge in [-0.3, -0.25) is 0 Å². The highest BCUT2D eigenvalue weighted by atomic mass is 79.9. The number of sulfonamides is 2. The summed E-state index contributed by atoms with van der Waals surface area (Å²) in [7, 11) is -6.96. The third kappa shape index (κ3) is 7.01. The molecule has 0 saturated heterocycles. The van der Waals surface area contributed by atoms with Gasteiger partial charge in [0.1, 0.15) is 5.75 Å². The van der Waals surface area contributed by atoms with Crippen LogP contribution >= 0.6 is 31.9 Å². The average Bonchev–Trinajstić information content (AvgIpc) is 2.59. The minimum atomic E-state index is -3.52. The van der Waals surface area contributed by atoms with E-state index < -0.39 is 20.0 Å². The number of phenolic OH excluding ortho intramolecular Hbond substituents is 1. The van der Waals surface area contributed by atoms with E-state index in [4.69, 9.17) is 10.8 Å². The van der Waals surface area contributed by atoms with Crippen molar-refractivity contribution in [3.8, 4) is 5.75 Å². The van der Waals surface area contributed by atoms with Crippen LogP contribution in [0.15, 0.2) is 55.1 Å². The lowest BCUT2D eigenvalue weighted by Crippen LogP contribution is -2.23. The molecule has 2 aromatic rings. The average molecular weight is 559 g/mol. The number of halogens is 2. The van der Waals surface area contributed by atoms with Gasteiger partial charge >= 0.3 is 0 Å². The fourth-order valence-corrected chi connectivity index (χ4v) is 6.02. The van der Waals surface area contributed by atoms with Crippen molar-refractivity contribution in [1.29, 1.82) is 0 Å². The van der Waals surface area contributed by atoms with E-state index in [0.717, 1.165) is 0 Å². The van der Waals surface area contributed by atoms with Crippen molar-refractivity contribution in [1.82, 2.24) is 9.44 Å². The molecule has 156 valence electrons. The maximum absolute atomic E-state index is 11.6. The summed E-state index contributed by atoms with van der Waals surface area (Å²) in [6, 6.07) is 8.76. The van der Waals surface area contributed by atoms with Crippen molar-refractivity contribution in [3.05, 3.63) is 45.3 Å². The fraction of sp³-hybridized carbons (Fsp3) is 0.250. The first-order chi connectivity index (χ1) is 12.9. The monoisotopic (exact) mass is 557 g/mol. The SMILES string of the molecule is CCNS(=O)(=O)c1cc(N)ccc1Br.CCNS(=O)(=O)c1cc(O)ccc1Br. The number of nitrogen functional groups attached to an aromatic ring is 1. The van der Waals surface area contributed by atoms with E-state index in [1.54, 1.807) is 26.0 Å². The number of hydrogen-bond donors (Lipinski definition) is 4. The first-order valence-electron chi connectivity index (χ1n) is 7.97. The molecule has 0 unspecified atom stereocenters. The quantitative estimate of drug-likeness (QED) is 0.402. The summed E-state index contributed by atoms with van der Waals surface area (Å²) < 4.78 is 52.0. The van der Waals surface area contributed by atoms with E-state index in [-0.39, 0.29) is 15.5 Å². The van der Waals surface area contributed by atoms with Crippen molar-refractivity contribution in [2.24, 2.45) is 0 Å². The van der Waals surface area contributed by atoms with Crippen LogP contribution in [0.2, 0.25) is 0 Å². The van der Waals surface area contributed by atoms with Gasteiger partial charge in [0.15, 0.2) is 0 Å². The van der Waals surface area contributed by atoms with Crippen molar-refractivity contribution >= 4 is 57.6 Å². The maximum atomic E-state index is 11.6. The van der Waals surface area contributed by atoms with Gasteiger partial charge in [0.05, 0.1) is 9.79 Å². The zero-order valence-corrected chi connectivity index (χ0v) is 19.9. The number of nitrogens with two attached hydrogens (primary N) is 1. The summed E-state index contributed by atoms with van der Waals surface area (Å²) >= 11 is 6.27. The maximum Gasteiger partial charge on any atom is 0.241 e. The molecule has 2 rings (SSSR count). The molecule has 0 spiro atoms. The van der Waals surface area contributed by atoms with Crippen LogP contribution < -0.4 is 15.2 Å². The molecule has 8 nitrogen and oxygen atoms in total. The Hall–Kier alpha value is -1.18. The fourth-order valence-electron chi connectivity index (χ4n) is 1.96. The zero-order chi connectivity index (χ0) is 21.5. The van der Waals surface area contributed by atoms with Gasteiger partial charge < -0.3 is 10.8 Å². The van der Waals surface area contributed by atoms with Crippen molar-refractivity contribution in [2.45, 2.75) is 23.6 Å². The van der Waals surface area contributed by atoms with Crippen molar-refractivity contribution in [2.75, 3.05) is 18.8 Å². The van der Waals surface area contributed by atoms with E-state index in [2.05, 4.69) is 41.3 Å². The number of anilines is 1. The molecule has 5 N–H and O–H groups in total. The van der Waals surface area contributed by atoms with Gasteiger partial charge in [-0.2, -0.15) is 0 Å². The summed E-state index contributed by atoms with van der Waals surface area (Å²) in [6.07, 6.45) is 0. The van der Waals surface area contributed by atoms with E-state index >= 15 is 0 Å². The van der Waals surface area contributed by atoms with Crippen molar-refractivity contribution < 1.29 is 21.9 Å². The predicted octanol–water partition coefficient (Wildman–Crippen LogP) is 2.78. The van der Waals surface area contributed by atoms with Crippen LogP contribution in [-0.4, -0.2) is 35.0 Å². The number of nitrogens with one attached hydrogen (secondary N) is 2. The van der Waals surface area contributed by atoms with Gasteiger partial charge in [-0.1, -0.05) is 13.8 Å². The molecule has 0 bridgehead atoms. The molecule has 0 aliphatic heterocycles. The Morgan fingerprint density at radius 2 is 1.29 bits per heavy atom. The number of rotatable bonds is 6. The van der Waals surface area contributed by atoms with Crippen molar-refractivity contribution in [3.63, 3.8) is 0 Å². The number of hydrogen-bond acceptors (Lipinski definition) is 6. The largest absolute Gasteiger partial charge is 0.508 e. The lowest BCUT2D eigenvalue weighted by Gasteiger charge is -2.07. The summed E-state index contributed by atoms with van der Waals surface area (Å²) in [6.45, 7) is 4.07. The highest BCUT2D eigenvalue weighted by molar-refractivity contribution is 9.10. The molecule has 0 heterocycles. The van der Waals surface area contributed by atoms with E-state index in [0.29, 0.717) is 27.7 Å². The molecule has 28 heavy (non-hydrogen) atoms. The molecule has 0 aromatic heterocycles. The van der Waals surface area contributed by atoms with Crippen LogP contribution in [0.25, 0.3) is 0 Å². The molecule has 0 saturated carbocycles. The molecule has 0 radical (unpaired) electrons. The van der Waals surface area contributed by atoms with Crippen LogP contribution in [0.5, 0.6) is 5.75 Å². The molecular weight excluding hydrogens is 538 g/mol. The Balaban J connectivity index is 0.000000280. The summed E-state index contributed by atoms with van der Waals surface area (Å²) in [5, 5.41) is 9.16. The zero-order valence-electron chi connectivity index (χ0n) is 15.1.